The van der Waals surface area contributed by atoms with Gasteiger partial charge in [-0.1, -0.05) is 25.1 Å². The molecule has 1 fully saturated rings. The molecular formula is C15H20ClNO3. The smallest absolute Gasteiger partial charge is 0.239 e. The molecule has 0 aliphatic carbocycles. The Hall–Kier alpha value is -1.10. The van der Waals surface area contributed by atoms with Crippen molar-refractivity contribution in [3.63, 3.8) is 0 Å². The summed E-state index contributed by atoms with van der Waals surface area (Å²) in [4.78, 5) is 11.6. The van der Waals surface area contributed by atoms with E-state index in [-0.39, 0.29) is 17.9 Å². The van der Waals surface area contributed by atoms with Crippen LogP contribution >= 0.6 is 11.6 Å². The highest BCUT2D eigenvalue weighted by Crippen LogP contribution is 2.39. The molecule has 110 valence electrons. The Balaban J connectivity index is 2.36. The number of anilines is 1. The van der Waals surface area contributed by atoms with Crippen molar-refractivity contribution in [3.8, 4) is 0 Å². The quantitative estimate of drug-likeness (QED) is 0.868. The van der Waals surface area contributed by atoms with Gasteiger partial charge in [0.05, 0.1) is 18.4 Å². The number of rotatable bonds is 4. The molecule has 1 amide bonds. The van der Waals surface area contributed by atoms with Crippen molar-refractivity contribution in [1.29, 1.82) is 0 Å². The van der Waals surface area contributed by atoms with E-state index in [1.165, 1.54) is 0 Å². The van der Waals surface area contributed by atoms with E-state index < -0.39 is 5.79 Å². The highest BCUT2D eigenvalue weighted by atomic mass is 35.5. The van der Waals surface area contributed by atoms with Crippen molar-refractivity contribution in [2.45, 2.75) is 39.1 Å². The number of carbonyl (C=O) groups excluding carboxylic acids is 1. The summed E-state index contributed by atoms with van der Waals surface area (Å²) in [5, 5.41) is 2.83. The number of hydrogen-bond donors (Lipinski definition) is 1. The molecule has 4 nitrogen and oxygen atoms in total. The molecule has 1 saturated heterocycles. The number of aryl methyl sites for hydroxylation is 1. The van der Waals surface area contributed by atoms with Crippen LogP contribution in [0, 0.1) is 6.92 Å². The first kappa shape index (κ1) is 15.3. The van der Waals surface area contributed by atoms with Gasteiger partial charge in [0.25, 0.3) is 0 Å². The highest BCUT2D eigenvalue weighted by molar-refractivity contribution is 6.29. The van der Waals surface area contributed by atoms with Crippen LogP contribution in [0.25, 0.3) is 0 Å². The molecule has 2 unspecified atom stereocenters. The topological polar surface area (TPSA) is 47.6 Å². The number of hydrogen-bond acceptors (Lipinski definition) is 3. The van der Waals surface area contributed by atoms with Crippen LogP contribution in [0.1, 0.15) is 31.4 Å². The van der Waals surface area contributed by atoms with Gasteiger partial charge in [0, 0.05) is 5.56 Å². The Morgan fingerprint density at radius 3 is 2.90 bits per heavy atom. The zero-order valence-corrected chi connectivity index (χ0v) is 12.8. The van der Waals surface area contributed by atoms with Crippen LogP contribution in [0.4, 0.5) is 5.69 Å². The van der Waals surface area contributed by atoms with Gasteiger partial charge in [-0.05, 0) is 25.8 Å². The third-order valence-electron chi connectivity index (χ3n) is 3.54. The number of amides is 1. The van der Waals surface area contributed by atoms with Gasteiger partial charge in [-0.2, -0.15) is 0 Å². The Kier molecular flexibility index (Phi) is 4.68. The molecule has 1 aromatic carbocycles. The van der Waals surface area contributed by atoms with Crippen LogP contribution in [0.5, 0.6) is 0 Å². The lowest BCUT2D eigenvalue weighted by molar-refractivity contribution is -0.161. The van der Waals surface area contributed by atoms with Gasteiger partial charge in [0.2, 0.25) is 5.91 Å². The van der Waals surface area contributed by atoms with Crippen LogP contribution in [0.15, 0.2) is 18.2 Å². The van der Waals surface area contributed by atoms with Crippen molar-refractivity contribution < 1.29 is 14.3 Å². The van der Waals surface area contributed by atoms with Crippen LogP contribution in [-0.4, -0.2) is 24.5 Å². The fourth-order valence-corrected chi connectivity index (χ4v) is 2.43. The predicted molar refractivity (Wildman–Crippen MR) is 79.0 cm³/mol. The van der Waals surface area contributed by atoms with Gasteiger partial charge < -0.3 is 14.8 Å². The van der Waals surface area contributed by atoms with E-state index >= 15 is 0 Å². The maximum absolute atomic E-state index is 11.6. The molecule has 1 aliphatic rings. The van der Waals surface area contributed by atoms with Crippen molar-refractivity contribution in [1.82, 2.24) is 0 Å². The van der Waals surface area contributed by atoms with Crippen molar-refractivity contribution in [2.24, 2.45) is 0 Å². The van der Waals surface area contributed by atoms with Gasteiger partial charge in [-0.25, -0.2) is 0 Å². The standard InChI is InChI=1S/C15H20ClNO3/c1-4-11-9-19-15(3,20-11)12-7-5-6-10(2)14(12)17-13(18)8-16/h5-7,11H,4,8-9H2,1-3H3,(H,17,18). The average Bonchev–Trinajstić information content (AvgIpc) is 2.83. The van der Waals surface area contributed by atoms with E-state index in [9.17, 15) is 4.79 Å². The molecule has 1 N–H and O–H groups in total. The van der Waals surface area contributed by atoms with E-state index in [1.54, 1.807) is 0 Å². The fourth-order valence-electron chi connectivity index (χ4n) is 2.37. The fraction of sp³-hybridized carbons (Fsp3) is 0.533. The summed E-state index contributed by atoms with van der Waals surface area (Å²) in [5.41, 5.74) is 2.50. The lowest BCUT2D eigenvalue weighted by Gasteiger charge is -2.27. The van der Waals surface area contributed by atoms with Gasteiger partial charge in [-0.15, -0.1) is 11.6 Å². The molecule has 5 heteroatoms. The number of carbonyl (C=O) groups is 1. The summed E-state index contributed by atoms with van der Waals surface area (Å²) < 4.78 is 11.8. The Morgan fingerprint density at radius 2 is 2.30 bits per heavy atom. The summed E-state index contributed by atoms with van der Waals surface area (Å²) >= 11 is 5.57. The second-order valence-electron chi connectivity index (χ2n) is 5.08. The molecule has 1 aromatic rings. The number of ether oxygens (including phenoxy) is 2. The summed E-state index contributed by atoms with van der Waals surface area (Å²) in [7, 11) is 0. The first-order valence-corrected chi connectivity index (χ1v) is 7.31. The molecule has 0 spiro atoms. The second kappa shape index (κ2) is 6.12. The Morgan fingerprint density at radius 1 is 1.55 bits per heavy atom. The number of nitrogens with one attached hydrogen (secondary N) is 1. The number of benzene rings is 1. The maximum Gasteiger partial charge on any atom is 0.239 e. The first-order chi connectivity index (χ1) is 9.50. The van der Waals surface area contributed by atoms with E-state index in [0.717, 1.165) is 23.2 Å². The highest BCUT2D eigenvalue weighted by Gasteiger charge is 2.40. The monoisotopic (exact) mass is 297 g/mol. The van der Waals surface area contributed by atoms with Gasteiger partial charge in [0.15, 0.2) is 5.79 Å². The zero-order chi connectivity index (χ0) is 14.8. The van der Waals surface area contributed by atoms with Crippen LogP contribution < -0.4 is 5.32 Å². The molecule has 20 heavy (non-hydrogen) atoms. The summed E-state index contributed by atoms with van der Waals surface area (Å²) in [6.07, 6.45) is 0.974. The normalized spacial score (nSPS) is 25.7. The van der Waals surface area contributed by atoms with Gasteiger partial charge in [-0.3, -0.25) is 4.79 Å². The summed E-state index contributed by atoms with van der Waals surface area (Å²) in [5.74, 6) is -1.15. The number of alkyl halides is 1. The molecule has 2 atom stereocenters. The molecule has 1 heterocycles. The van der Waals surface area contributed by atoms with E-state index in [2.05, 4.69) is 12.2 Å². The Labute approximate surface area is 124 Å². The SMILES string of the molecule is CCC1COC(C)(c2cccc(C)c2NC(=O)CCl)O1. The van der Waals surface area contributed by atoms with Crippen molar-refractivity contribution in [3.05, 3.63) is 29.3 Å². The first-order valence-electron chi connectivity index (χ1n) is 6.78. The largest absolute Gasteiger partial charge is 0.343 e. The molecule has 0 aromatic heterocycles. The zero-order valence-electron chi connectivity index (χ0n) is 12.0. The van der Waals surface area contributed by atoms with Crippen LogP contribution in [-0.2, 0) is 20.1 Å². The lowest BCUT2D eigenvalue weighted by Crippen LogP contribution is -2.27. The van der Waals surface area contributed by atoms with E-state index in [1.807, 2.05) is 32.0 Å². The lowest BCUT2D eigenvalue weighted by atomic mass is 10.0. The Bertz CT molecular complexity index is 506. The summed E-state index contributed by atoms with van der Waals surface area (Å²) in [6, 6.07) is 5.77. The number of para-hydroxylation sites is 1. The molecule has 2 rings (SSSR count). The molecule has 0 saturated carbocycles. The van der Waals surface area contributed by atoms with Crippen LogP contribution in [0.3, 0.4) is 0 Å². The van der Waals surface area contributed by atoms with Crippen LogP contribution in [0.2, 0.25) is 0 Å². The van der Waals surface area contributed by atoms with E-state index in [0.29, 0.717) is 6.61 Å². The average molecular weight is 298 g/mol. The number of halogens is 1. The maximum atomic E-state index is 11.6. The van der Waals surface area contributed by atoms with Crippen molar-refractivity contribution in [2.75, 3.05) is 17.8 Å². The molecule has 0 bridgehead atoms. The minimum absolute atomic E-state index is 0.0796. The minimum Gasteiger partial charge on any atom is -0.343 e. The van der Waals surface area contributed by atoms with E-state index in [4.69, 9.17) is 21.1 Å². The third-order valence-corrected chi connectivity index (χ3v) is 3.78. The van der Waals surface area contributed by atoms with Gasteiger partial charge >= 0.3 is 0 Å². The van der Waals surface area contributed by atoms with Gasteiger partial charge in [0.1, 0.15) is 5.88 Å². The molecule has 1 aliphatic heterocycles. The molecule has 0 radical (unpaired) electrons. The van der Waals surface area contributed by atoms with Crippen molar-refractivity contribution >= 4 is 23.2 Å². The second-order valence-corrected chi connectivity index (χ2v) is 5.35. The predicted octanol–water partition coefficient (Wildman–Crippen LogP) is 3.17. The third kappa shape index (κ3) is 2.97. The molecular weight excluding hydrogens is 278 g/mol. The summed E-state index contributed by atoms with van der Waals surface area (Å²) in [6.45, 7) is 6.44. The minimum atomic E-state index is -0.832.